The van der Waals surface area contributed by atoms with Crippen molar-refractivity contribution in [2.75, 3.05) is 41.7 Å². The molecule has 8 nitrogen and oxygen atoms in total. The molecule has 0 spiro atoms. The van der Waals surface area contributed by atoms with Crippen LogP contribution < -0.4 is 9.62 Å². The number of hydrogen-bond donors (Lipinski definition) is 1. The van der Waals surface area contributed by atoms with Crippen molar-refractivity contribution >= 4 is 27.2 Å². The first-order valence-corrected chi connectivity index (χ1v) is 8.91. The predicted octanol–water partition coefficient (Wildman–Crippen LogP) is 0.718. The number of nitrogens with zero attached hydrogens (tertiary/aromatic N) is 4. The molecule has 120 valence electrons. The van der Waals surface area contributed by atoms with Gasteiger partial charge in [0.25, 0.3) is 0 Å². The lowest BCUT2D eigenvalue weighted by atomic mass is 10.4. The standard InChI is InChI=1S/C13H19N5O3S/c1-2-7-22(19,20)16-11-9-14-12-8-13(15-18(12)10-11)17-3-5-21-6-4-17/h8-10,16H,2-7H2,1H3. The van der Waals surface area contributed by atoms with Gasteiger partial charge in [0, 0.05) is 19.2 Å². The van der Waals surface area contributed by atoms with Gasteiger partial charge < -0.3 is 9.64 Å². The van der Waals surface area contributed by atoms with Crippen LogP contribution in [0.2, 0.25) is 0 Å². The first kappa shape index (κ1) is 15.0. The third kappa shape index (κ3) is 3.30. The maximum absolute atomic E-state index is 11.8. The lowest BCUT2D eigenvalue weighted by molar-refractivity contribution is 0.122. The Morgan fingerprint density at radius 3 is 2.86 bits per heavy atom. The normalized spacial score (nSPS) is 16.1. The molecular weight excluding hydrogens is 306 g/mol. The molecule has 22 heavy (non-hydrogen) atoms. The Morgan fingerprint density at radius 2 is 2.14 bits per heavy atom. The van der Waals surface area contributed by atoms with Gasteiger partial charge in [-0.05, 0) is 6.42 Å². The van der Waals surface area contributed by atoms with E-state index >= 15 is 0 Å². The SMILES string of the molecule is CCCS(=O)(=O)Nc1cnc2cc(N3CCOCC3)nn2c1. The van der Waals surface area contributed by atoms with Crippen molar-refractivity contribution in [3.05, 3.63) is 18.5 Å². The highest BCUT2D eigenvalue weighted by molar-refractivity contribution is 7.92. The first-order valence-electron chi connectivity index (χ1n) is 7.26. The Balaban J connectivity index is 1.83. The lowest BCUT2D eigenvalue weighted by Gasteiger charge is -2.26. The van der Waals surface area contributed by atoms with Gasteiger partial charge in [0.1, 0.15) is 0 Å². The third-order valence-electron chi connectivity index (χ3n) is 3.38. The van der Waals surface area contributed by atoms with Crippen molar-refractivity contribution in [2.45, 2.75) is 13.3 Å². The molecule has 0 aliphatic carbocycles. The fraction of sp³-hybridized carbons (Fsp3) is 0.538. The van der Waals surface area contributed by atoms with Crippen LogP contribution in [-0.2, 0) is 14.8 Å². The highest BCUT2D eigenvalue weighted by Crippen LogP contribution is 2.17. The van der Waals surface area contributed by atoms with Gasteiger partial charge in [-0.1, -0.05) is 6.92 Å². The van der Waals surface area contributed by atoms with Crippen LogP contribution in [0.1, 0.15) is 13.3 Å². The van der Waals surface area contributed by atoms with Crippen LogP contribution in [0.3, 0.4) is 0 Å². The molecule has 1 saturated heterocycles. The topological polar surface area (TPSA) is 88.8 Å². The number of anilines is 2. The minimum atomic E-state index is -3.33. The third-order valence-corrected chi connectivity index (χ3v) is 4.87. The Labute approximate surface area is 129 Å². The van der Waals surface area contributed by atoms with Crippen LogP contribution in [0.4, 0.5) is 11.5 Å². The fourth-order valence-corrected chi connectivity index (χ4v) is 3.47. The number of ether oxygens (including phenoxy) is 1. The maximum atomic E-state index is 11.8. The number of rotatable bonds is 5. The van der Waals surface area contributed by atoms with Gasteiger partial charge in [-0.15, -0.1) is 5.10 Å². The summed E-state index contributed by atoms with van der Waals surface area (Å²) in [4.78, 5) is 6.38. The summed E-state index contributed by atoms with van der Waals surface area (Å²) in [6, 6.07) is 1.88. The zero-order chi connectivity index (χ0) is 15.6. The summed E-state index contributed by atoms with van der Waals surface area (Å²) in [6.07, 6.45) is 3.71. The van der Waals surface area contributed by atoms with Crippen molar-refractivity contribution in [1.29, 1.82) is 0 Å². The molecule has 0 saturated carbocycles. The van der Waals surface area contributed by atoms with Crippen LogP contribution in [0.15, 0.2) is 18.5 Å². The smallest absolute Gasteiger partial charge is 0.232 e. The lowest BCUT2D eigenvalue weighted by Crippen LogP contribution is -2.36. The largest absolute Gasteiger partial charge is 0.378 e. The molecule has 1 aliphatic rings. The van der Waals surface area contributed by atoms with Crippen LogP contribution >= 0.6 is 0 Å². The van der Waals surface area contributed by atoms with E-state index in [1.807, 2.05) is 13.0 Å². The van der Waals surface area contributed by atoms with E-state index in [1.54, 1.807) is 10.7 Å². The van der Waals surface area contributed by atoms with E-state index in [0.717, 1.165) is 18.9 Å². The summed E-state index contributed by atoms with van der Waals surface area (Å²) in [7, 11) is -3.33. The minimum Gasteiger partial charge on any atom is -0.378 e. The highest BCUT2D eigenvalue weighted by atomic mass is 32.2. The zero-order valence-electron chi connectivity index (χ0n) is 12.4. The molecule has 1 fully saturated rings. The van der Waals surface area contributed by atoms with Gasteiger partial charge in [0.05, 0.1) is 37.0 Å². The molecule has 1 aliphatic heterocycles. The summed E-state index contributed by atoms with van der Waals surface area (Å²) in [5, 5.41) is 4.46. The number of nitrogens with one attached hydrogen (secondary N) is 1. The van der Waals surface area contributed by atoms with E-state index in [4.69, 9.17) is 4.74 Å². The van der Waals surface area contributed by atoms with Crippen molar-refractivity contribution in [3.63, 3.8) is 0 Å². The van der Waals surface area contributed by atoms with Gasteiger partial charge in [0.2, 0.25) is 10.0 Å². The monoisotopic (exact) mass is 325 g/mol. The molecule has 1 N–H and O–H groups in total. The van der Waals surface area contributed by atoms with Crippen molar-refractivity contribution in [1.82, 2.24) is 14.6 Å². The first-order chi connectivity index (χ1) is 10.6. The van der Waals surface area contributed by atoms with E-state index in [1.165, 1.54) is 6.20 Å². The molecule has 3 heterocycles. The van der Waals surface area contributed by atoms with Crippen LogP contribution in [0.25, 0.3) is 5.65 Å². The maximum Gasteiger partial charge on any atom is 0.232 e. The average molecular weight is 325 g/mol. The van der Waals surface area contributed by atoms with E-state index in [-0.39, 0.29) is 5.75 Å². The minimum absolute atomic E-state index is 0.0865. The molecule has 9 heteroatoms. The second-order valence-electron chi connectivity index (χ2n) is 5.17. The highest BCUT2D eigenvalue weighted by Gasteiger charge is 2.15. The molecule has 0 aromatic carbocycles. The van der Waals surface area contributed by atoms with Gasteiger partial charge in [-0.3, -0.25) is 4.72 Å². The molecule has 2 aromatic rings. The van der Waals surface area contributed by atoms with Crippen LogP contribution in [0.5, 0.6) is 0 Å². The molecule has 0 amide bonds. The number of fused-ring (bicyclic) bond motifs is 1. The number of hydrogen-bond acceptors (Lipinski definition) is 6. The zero-order valence-corrected chi connectivity index (χ0v) is 13.2. The van der Waals surface area contributed by atoms with Crippen LogP contribution in [-0.4, -0.2) is 55.1 Å². The van der Waals surface area contributed by atoms with Crippen molar-refractivity contribution in [3.8, 4) is 0 Å². The van der Waals surface area contributed by atoms with Crippen molar-refractivity contribution in [2.24, 2.45) is 0 Å². The quantitative estimate of drug-likeness (QED) is 0.871. The number of morpholine rings is 1. The van der Waals surface area contributed by atoms with Gasteiger partial charge in [-0.25, -0.2) is 17.9 Å². The van der Waals surface area contributed by atoms with E-state index < -0.39 is 10.0 Å². The summed E-state index contributed by atoms with van der Waals surface area (Å²) in [6.45, 7) is 4.77. The van der Waals surface area contributed by atoms with E-state index in [0.29, 0.717) is 31.0 Å². The average Bonchev–Trinajstić information content (AvgIpc) is 2.91. The predicted molar refractivity (Wildman–Crippen MR) is 83.7 cm³/mol. The Kier molecular flexibility index (Phi) is 4.16. The number of sulfonamides is 1. The fourth-order valence-electron chi connectivity index (χ4n) is 2.36. The second-order valence-corrected chi connectivity index (χ2v) is 7.01. The summed E-state index contributed by atoms with van der Waals surface area (Å²) in [5.41, 5.74) is 1.09. The molecule has 0 unspecified atom stereocenters. The molecule has 0 radical (unpaired) electrons. The van der Waals surface area contributed by atoms with E-state index in [2.05, 4.69) is 19.7 Å². The van der Waals surface area contributed by atoms with Crippen LogP contribution in [0, 0.1) is 0 Å². The Hall–Kier alpha value is -1.87. The summed E-state index contributed by atoms with van der Waals surface area (Å²) >= 11 is 0. The summed E-state index contributed by atoms with van der Waals surface area (Å²) in [5.74, 6) is 0.910. The number of aromatic nitrogens is 3. The Bertz CT molecular complexity index is 752. The van der Waals surface area contributed by atoms with Crippen molar-refractivity contribution < 1.29 is 13.2 Å². The molecule has 3 rings (SSSR count). The van der Waals surface area contributed by atoms with E-state index in [9.17, 15) is 8.42 Å². The van der Waals surface area contributed by atoms with Gasteiger partial charge >= 0.3 is 0 Å². The molecule has 0 bridgehead atoms. The van der Waals surface area contributed by atoms with Gasteiger partial charge in [-0.2, -0.15) is 0 Å². The second kappa shape index (κ2) is 6.09. The summed E-state index contributed by atoms with van der Waals surface area (Å²) < 4.78 is 33.0. The Morgan fingerprint density at radius 1 is 1.36 bits per heavy atom. The molecule has 0 atom stereocenters. The molecular formula is C13H19N5O3S. The molecule has 2 aromatic heterocycles. The van der Waals surface area contributed by atoms with Gasteiger partial charge in [0.15, 0.2) is 11.5 Å².